The van der Waals surface area contributed by atoms with Crippen molar-refractivity contribution in [2.24, 2.45) is 0 Å². The van der Waals surface area contributed by atoms with Gasteiger partial charge in [0.1, 0.15) is 0 Å². The lowest BCUT2D eigenvalue weighted by Crippen LogP contribution is -2.43. The highest BCUT2D eigenvalue weighted by molar-refractivity contribution is 5.59. The molecule has 0 aromatic heterocycles. The van der Waals surface area contributed by atoms with Crippen LogP contribution in [0.3, 0.4) is 0 Å². The summed E-state index contributed by atoms with van der Waals surface area (Å²) in [5.74, 6) is 0. The predicted molar refractivity (Wildman–Crippen MR) is 77.4 cm³/mol. The minimum absolute atomic E-state index is 0.0215. The largest absolute Gasteiger partial charge is 0.418 e. The Morgan fingerprint density at radius 1 is 1.45 bits per heavy atom. The van der Waals surface area contributed by atoms with E-state index in [0.29, 0.717) is 19.4 Å². The average Bonchev–Trinajstić information content (AvgIpc) is 2.74. The van der Waals surface area contributed by atoms with Crippen LogP contribution in [0.2, 0.25) is 0 Å². The fourth-order valence-corrected chi connectivity index (χ4v) is 3.19. The molecule has 22 heavy (non-hydrogen) atoms. The summed E-state index contributed by atoms with van der Waals surface area (Å²) < 4.78 is 39.9. The van der Waals surface area contributed by atoms with Crippen LogP contribution in [0, 0.1) is 11.3 Å². The highest BCUT2D eigenvalue weighted by Gasteiger charge is 2.45. The molecule has 1 aliphatic rings. The summed E-state index contributed by atoms with van der Waals surface area (Å²) in [5.41, 5.74) is -1.78. The highest BCUT2D eigenvalue weighted by Crippen LogP contribution is 2.42. The maximum atomic E-state index is 13.3. The van der Waals surface area contributed by atoms with Crippen LogP contribution in [-0.4, -0.2) is 23.3 Å². The summed E-state index contributed by atoms with van der Waals surface area (Å²) in [6, 6.07) is 4.92. The van der Waals surface area contributed by atoms with Crippen LogP contribution in [0.4, 0.5) is 18.9 Å². The molecule has 0 radical (unpaired) electrons. The third-order valence-corrected chi connectivity index (χ3v) is 4.45. The smallest absolute Gasteiger partial charge is 0.388 e. The first-order valence-electron chi connectivity index (χ1n) is 7.33. The van der Waals surface area contributed by atoms with Crippen molar-refractivity contribution in [3.63, 3.8) is 0 Å². The molecule has 1 fully saturated rings. The second kappa shape index (κ2) is 5.81. The maximum Gasteiger partial charge on any atom is 0.418 e. The molecule has 0 spiro atoms. The number of rotatable bonds is 3. The Hall–Kier alpha value is -1.74. The van der Waals surface area contributed by atoms with Crippen molar-refractivity contribution in [2.45, 2.75) is 50.9 Å². The zero-order valence-corrected chi connectivity index (χ0v) is 12.6. The molecule has 0 saturated carbocycles. The molecule has 0 aliphatic carbocycles. The van der Waals surface area contributed by atoms with Gasteiger partial charge in [-0.1, -0.05) is 13.3 Å². The van der Waals surface area contributed by atoms with E-state index in [1.165, 1.54) is 12.1 Å². The Kier molecular flexibility index (Phi) is 4.39. The van der Waals surface area contributed by atoms with Gasteiger partial charge < -0.3 is 10.0 Å². The molecule has 3 nitrogen and oxygen atoms in total. The Labute approximate surface area is 128 Å². The number of aliphatic hydroxyl groups is 1. The molecule has 1 aliphatic heterocycles. The van der Waals surface area contributed by atoms with Crippen LogP contribution in [0.1, 0.15) is 44.2 Å². The van der Waals surface area contributed by atoms with Crippen LogP contribution in [0.25, 0.3) is 0 Å². The lowest BCUT2D eigenvalue weighted by molar-refractivity contribution is -0.137. The summed E-state index contributed by atoms with van der Waals surface area (Å²) in [6.45, 7) is 4.06. The quantitative estimate of drug-likeness (QED) is 0.925. The molecule has 0 bridgehead atoms. The number of hydrogen-bond acceptors (Lipinski definition) is 3. The van der Waals surface area contributed by atoms with E-state index >= 15 is 0 Å². The normalized spacial score (nSPS) is 25.3. The number of halogens is 3. The van der Waals surface area contributed by atoms with Crippen molar-refractivity contribution in [1.29, 1.82) is 5.26 Å². The van der Waals surface area contributed by atoms with E-state index in [4.69, 9.17) is 5.26 Å². The van der Waals surface area contributed by atoms with Crippen molar-refractivity contribution in [3.05, 3.63) is 29.3 Å². The Morgan fingerprint density at radius 3 is 2.68 bits per heavy atom. The van der Waals surface area contributed by atoms with Crippen molar-refractivity contribution < 1.29 is 18.3 Å². The minimum Gasteiger partial charge on any atom is -0.388 e. The third-order valence-electron chi connectivity index (χ3n) is 4.45. The van der Waals surface area contributed by atoms with E-state index < -0.39 is 23.4 Å². The van der Waals surface area contributed by atoms with Gasteiger partial charge in [0.05, 0.1) is 28.8 Å². The molecular weight excluding hydrogens is 293 g/mol. The van der Waals surface area contributed by atoms with Crippen molar-refractivity contribution in [3.8, 4) is 6.07 Å². The molecule has 0 amide bonds. The summed E-state index contributed by atoms with van der Waals surface area (Å²) in [5, 5.41) is 19.4. The molecule has 6 heteroatoms. The van der Waals surface area contributed by atoms with Crippen molar-refractivity contribution in [2.75, 3.05) is 11.4 Å². The molecule has 2 rings (SSSR count). The molecule has 1 aromatic rings. The van der Waals surface area contributed by atoms with Gasteiger partial charge in [-0.05, 0) is 38.0 Å². The number of hydrogen-bond donors (Lipinski definition) is 1. The van der Waals surface area contributed by atoms with Gasteiger partial charge >= 0.3 is 6.18 Å². The lowest BCUT2D eigenvalue weighted by Gasteiger charge is -2.33. The van der Waals surface area contributed by atoms with Gasteiger partial charge in [-0.3, -0.25) is 0 Å². The zero-order chi connectivity index (χ0) is 16.5. The van der Waals surface area contributed by atoms with E-state index in [9.17, 15) is 18.3 Å². The number of nitrogens with zero attached hydrogens (tertiary/aromatic N) is 2. The van der Waals surface area contributed by atoms with Gasteiger partial charge in [-0.25, -0.2) is 0 Å². The Balaban J connectivity index is 2.44. The first kappa shape index (κ1) is 16.6. The molecule has 1 saturated heterocycles. The average molecular weight is 312 g/mol. The fraction of sp³-hybridized carbons (Fsp3) is 0.562. The Bertz CT molecular complexity index is 594. The maximum absolute atomic E-state index is 13.3. The number of anilines is 1. The summed E-state index contributed by atoms with van der Waals surface area (Å²) in [7, 11) is 0. The molecule has 1 aromatic carbocycles. The van der Waals surface area contributed by atoms with Crippen LogP contribution < -0.4 is 4.90 Å². The number of alkyl halides is 3. The second-order valence-electron chi connectivity index (χ2n) is 5.81. The van der Waals surface area contributed by atoms with Crippen LogP contribution in [-0.2, 0) is 6.18 Å². The van der Waals surface area contributed by atoms with E-state index in [1.807, 2.05) is 6.92 Å². The molecule has 1 heterocycles. The van der Waals surface area contributed by atoms with Gasteiger partial charge in [0.25, 0.3) is 0 Å². The van der Waals surface area contributed by atoms with Gasteiger partial charge in [0.2, 0.25) is 0 Å². The molecule has 1 N–H and O–H groups in total. The predicted octanol–water partition coefficient (Wildman–Crippen LogP) is 3.71. The van der Waals surface area contributed by atoms with Crippen molar-refractivity contribution >= 4 is 5.69 Å². The monoisotopic (exact) mass is 312 g/mol. The molecule has 1 unspecified atom stereocenters. The van der Waals surface area contributed by atoms with E-state index in [2.05, 4.69) is 0 Å². The van der Waals surface area contributed by atoms with Crippen LogP contribution >= 0.6 is 0 Å². The molecular formula is C16H19F3N2O. The van der Waals surface area contributed by atoms with Crippen molar-refractivity contribution in [1.82, 2.24) is 0 Å². The van der Waals surface area contributed by atoms with Gasteiger partial charge in [-0.2, -0.15) is 18.4 Å². The minimum atomic E-state index is -4.53. The Morgan fingerprint density at radius 2 is 2.14 bits per heavy atom. The standard InChI is InChI=1S/C16H19F3N2O/c1-3-6-15(22)7-8-21(11(15)2)14-5-4-12(10-20)9-13(14)16(17,18)19/h4-5,9,11,22H,3,6-8H2,1-2H3/t11-,15?/m0/s1. The number of nitriles is 1. The molecule has 2 atom stereocenters. The first-order chi connectivity index (χ1) is 10.2. The zero-order valence-electron chi connectivity index (χ0n) is 12.6. The first-order valence-corrected chi connectivity index (χ1v) is 7.33. The number of benzene rings is 1. The van der Waals surface area contributed by atoms with E-state index in [1.54, 1.807) is 17.9 Å². The third kappa shape index (κ3) is 2.91. The SMILES string of the molecule is CCCC1(O)CCN(c2ccc(C#N)cc2C(F)(F)F)[C@H]1C. The van der Waals surface area contributed by atoms with Crippen LogP contribution in [0.15, 0.2) is 18.2 Å². The summed E-state index contributed by atoms with van der Waals surface area (Å²) in [6.07, 6.45) is -2.76. The summed E-state index contributed by atoms with van der Waals surface area (Å²) in [4.78, 5) is 1.60. The van der Waals surface area contributed by atoms with E-state index in [-0.39, 0.29) is 11.3 Å². The van der Waals surface area contributed by atoms with Gasteiger partial charge in [-0.15, -0.1) is 0 Å². The highest BCUT2D eigenvalue weighted by atomic mass is 19.4. The second-order valence-corrected chi connectivity index (χ2v) is 5.81. The summed E-state index contributed by atoms with van der Waals surface area (Å²) >= 11 is 0. The van der Waals surface area contributed by atoms with E-state index in [0.717, 1.165) is 12.5 Å². The molecule has 120 valence electrons. The van der Waals surface area contributed by atoms with Gasteiger partial charge in [0, 0.05) is 12.2 Å². The van der Waals surface area contributed by atoms with Gasteiger partial charge in [0.15, 0.2) is 0 Å². The fourth-order valence-electron chi connectivity index (χ4n) is 3.19. The lowest BCUT2D eigenvalue weighted by atomic mass is 9.90. The van der Waals surface area contributed by atoms with Crippen LogP contribution in [0.5, 0.6) is 0 Å². The topological polar surface area (TPSA) is 47.3 Å².